The van der Waals surface area contributed by atoms with Crippen LogP contribution in [0.15, 0.2) is 35.6 Å². The number of carbonyl (C=O) groups is 1. The molecule has 1 aliphatic rings. The number of aromatic nitrogens is 2. The van der Waals surface area contributed by atoms with Crippen molar-refractivity contribution in [1.29, 1.82) is 0 Å². The quantitative estimate of drug-likeness (QED) is 0.591. The van der Waals surface area contributed by atoms with Crippen LogP contribution in [0.5, 0.6) is 0 Å². The van der Waals surface area contributed by atoms with E-state index in [4.69, 9.17) is 11.6 Å². The van der Waals surface area contributed by atoms with Crippen molar-refractivity contribution in [2.24, 2.45) is 0 Å². The van der Waals surface area contributed by atoms with Gasteiger partial charge < -0.3 is 4.90 Å². The number of amides is 1. The molecule has 0 unspecified atom stereocenters. The van der Waals surface area contributed by atoms with E-state index in [1.165, 1.54) is 4.90 Å². The van der Waals surface area contributed by atoms with Crippen molar-refractivity contribution in [3.8, 4) is 0 Å². The van der Waals surface area contributed by atoms with E-state index in [2.05, 4.69) is 9.97 Å². The molecular formula is C19H22ClN3O5S2. The Kier molecular flexibility index (Phi) is 6.49. The highest BCUT2D eigenvalue weighted by atomic mass is 35.5. The van der Waals surface area contributed by atoms with Gasteiger partial charge in [0.25, 0.3) is 5.91 Å². The molecule has 11 heteroatoms. The minimum atomic E-state index is -3.75. The van der Waals surface area contributed by atoms with E-state index in [0.717, 1.165) is 30.0 Å². The van der Waals surface area contributed by atoms with Crippen LogP contribution in [-0.2, 0) is 32.6 Å². The number of aryl methyl sites for hydroxylation is 1. The number of hydrogen-bond donors (Lipinski definition) is 0. The van der Waals surface area contributed by atoms with Crippen LogP contribution in [0.3, 0.4) is 0 Å². The maximum atomic E-state index is 13.3. The van der Waals surface area contributed by atoms with Gasteiger partial charge in [0.2, 0.25) is 15.0 Å². The van der Waals surface area contributed by atoms with Gasteiger partial charge in [-0.15, -0.1) is 0 Å². The molecule has 2 aromatic rings. The molecule has 0 bridgehead atoms. The van der Waals surface area contributed by atoms with Gasteiger partial charge in [-0.1, -0.05) is 42.8 Å². The van der Waals surface area contributed by atoms with Crippen molar-refractivity contribution in [3.63, 3.8) is 0 Å². The molecule has 0 saturated carbocycles. The first-order valence-electron chi connectivity index (χ1n) is 9.32. The van der Waals surface area contributed by atoms with Crippen molar-refractivity contribution in [2.45, 2.75) is 37.5 Å². The Morgan fingerprint density at radius 2 is 1.87 bits per heavy atom. The maximum Gasteiger partial charge on any atom is 0.274 e. The summed E-state index contributed by atoms with van der Waals surface area (Å²) in [6.07, 6.45) is 3.16. The number of sulfone groups is 2. The molecular weight excluding hydrogens is 450 g/mol. The molecule has 1 amide bonds. The highest BCUT2D eigenvalue weighted by Gasteiger charge is 2.36. The maximum absolute atomic E-state index is 13.3. The highest BCUT2D eigenvalue weighted by molar-refractivity contribution is 7.91. The average Bonchev–Trinajstić information content (AvgIpc) is 3.05. The summed E-state index contributed by atoms with van der Waals surface area (Å²) in [4.78, 5) is 22.3. The molecule has 1 atom stereocenters. The summed E-state index contributed by atoms with van der Waals surface area (Å²) in [6, 6.07) is 7.10. The molecule has 1 saturated heterocycles. The van der Waals surface area contributed by atoms with E-state index in [1.807, 2.05) is 31.2 Å². The van der Waals surface area contributed by atoms with Crippen molar-refractivity contribution in [2.75, 3.05) is 17.8 Å². The molecule has 30 heavy (non-hydrogen) atoms. The van der Waals surface area contributed by atoms with Crippen LogP contribution >= 0.6 is 11.6 Å². The fourth-order valence-electron chi connectivity index (χ4n) is 3.28. The number of benzene rings is 1. The number of carbonyl (C=O) groups excluding carboxylic acids is 1. The number of hydrogen-bond acceptors (Lipinski definition) is 7. The summed E-state index contributed by atoms with van der Waals surface area (Å²) in [5, 5.41) is -0.610. The third-order valence-electron chi connectivity index (χ3n) is 4.95. The Labute approximate surface area is 181 Å². The zero-order chi connectivity index (χ0) is 22.1. The summed E-state index contributed by atoms with van der Waals surface area (Å²) >= 11 is 6.10. The smallest absolute Gasteiger partial charge is 0.274 e. The van der Waals surface area contributed by atoms with Crippen molar-refractivity contribution in [1.82, 2.24) is 14.9 Å². The fraction of sp³-hybridized carbons (Fsp3) is 0.421. The standard InChI is InChI=1S/C19H22ClN3O5S2/c1-3-13-4-6-14(7-5-13)11-23(15-8-9-30(27,28)12-15)18(24)17-16(20)10-21-19(22-17)29(2,25)26/h4-7,10,15H,3,8-9,11-12H2,1-2H3/t15-/m0/s1. The zero-order valence-electron chi connectivity index (χ0n) is 16.6. The first-order chi connectivity index (χ1) is 14.0. The highest BCUT2D eigenvalue weighted by Crippen LogP contribution is 2.25. The SMILES string of the molecule is CCc1ccc(CN(C(=O)c2nc(S(C)(=O)=O)ncc2Cl)[C@H]2CCS(=O)(=O)C2)cc1. The Morgan fingerprint density at radius 1 is 1.23 bits per heavy atom. The third kappa shape index (κ3) is 5.16. The number of halogens is 1. The second-order valence-corrected chi connectivity index (χ2v) is 11.8. The van der Waals surface area contributed by atoms with Gasteiger partial charge in [-0.3, -0.25) is 4.79 Å². The van der Waals surface area contributed by atoms with Crippen LogP contribution < -0.4 is 0 Å². The summed E-state index contributed by atoms with van der Waals surface area (Å²) in [5.41, 5.74) is 1.69. The first kappa shape index (κ1) is 22.6. The van der Waals surface area contributed by atoms with Gasteiger partial charge in [0.1, 0.15) is 0 Å². The van der Waals surface area contributed by atoms with E-state index < -0.39 is 36.8 Å². The van der Waals surface area contributed by atoms with Gasteiger partial charge in [-0.25, -0.2) is 26.8 Å². The average molecular weight is 472 g/mol. The molecule has 0 radical (unpaired) electrons. The van der Waals surface area contributed by atoms with Crippen LogP contribution in [0.4, 0.5) is 0 Å². The molecule has 0 aliphatic carbocycles. The molecule has 1 fully saturated rings. The summed E-state index contributed by atoms with van der Waals surface area (Å²) < 4.78 is 47.7. The van der Waals surface area contributed by atoms with E-state index in [-0.39, 0.29) is 28.8 Å². The molecule has 0 N–H and O–H groups in total. The lowest BCUT2D eigenvalue weighted by atomic mass is 10.1. The van der Waals surface area contributed by atoms with Crippen molar-refractivity contribution in [3.05, 3.63) is 52.3 Å². The summed E-state index contributed by atoms with van der Waals surface area (Å²) in [7, 11) is -7.01. The van der Waals surface area contributed by atoms with Crippen LogP contribution in [0.1, 0.15) is 35.0 Å². The predicted octanol–water partition coefficient (Wildman–Crippen LogP) is 1.93. The predicted molar refractivity (Wildman–Crippen MR) is 113 cm³/mol. The normalized spacial score (nSPS) is 18.3. The number of rotatable bonds is 6. The molecule has 3 rings (SSSR count). The molecule has 8 nitrogen and oxygen atoms in total. The lowest BCUT2D eigenvalue weighted by Crippen LogP contribution is -2.41. The summed E-state index contributed by atoms with van der Waals surface area (Å²) in [5.74, 6) is -0.801. The lowest BCUT2D eigenvalue weighted by molar-refractivity contribution is 0.0674. The molecule has 162 valence electrons. The second kappa shape index (κ2) is 8.60. The van der Waals surface area contributed by atoms with E-state index in [9.17, 15) is 21.6 Å². The minimum absolute atomic E-state index is 0.0116. The Morgan fingerprint density at radius 3 is 2.40 bits per heavy atom. The topological polar surface area (TPSA) is 114 Å². The van der Waals surface area contributed by atoms with Gasteiger partial charge in [0.05, 0.1) is 22.7 Å². The van der Waals surface area contributed by atoms with E-state index in [0.29, 0.717) is 6.42 Å². The largest absolute Gasteiger partial charge is 0.329 e. The molecule has 1 aromatic heterocycles. The minimum Gasteiger partial charge on any atom is -0.329 e. The fourth-order valence-corrected chi connectivity index (χ4v) is 5.68. The Balaban J connectivity index is 2.00. The van der Waals surface area contributed by atoms with Crippen LogP contribution in [0, 0.1) is 0 Å². The van der Waals surface area contributed by atoms with Crippen LogP contribution in [-0.4, -0.2) is 61.4 Å². The molecule has 0 spiro atoms. The molecule has 2 heterocycles. The first-order valence-corrected chi connectivity index (χ1v) is 13.4. The van der Waals surface area contributed by atoms with E-state index >= 15 is 0 Å². The van der Waals surface area contributed by atoms with Crippen molar-refractivity contribution < 1.29 is 21.6 Å². The third-order valence-corrected chi connectivity index (χ3v) is 7.84. The van der Waals surface area contributed by atoms with Crippen LogP contribution in [0.25, 0.3) is 0 Å². The Hall–Kier alpha value is -2.04. The monoisotopic (exact) mass is 471 g/mol. The zero-order valence-corrected chi connectivity index (χ0v) is 19.0. The van der Waals surface area contributed by atoms with Crippen LogP contribution in [0.2, 0.25) is 5.02 Å². The molecule has 1 aromatic carbocycles. The lowest BCUT2D eigenvalue weighted by Gasteiger charge is -2.28. The van der Waals surface area contributed by atoms with Gasteiger partial charge in [-0.2, -0.15) is 0 Å². The van der Waals surface area contributed by atoms with Crippen molar-refractivity contribution >= 4 is 37.2 Å². The van der Waals surface area contributed by atoms with Gasteiger partial charge in [0.15, 0.2) is 15.5 Å². The summed E-state index contributed by atoms with van der Waals surface area (Å²) in [6.45, 7) is 2.18. The second-order valence-electron chi connectivity index (χ2n) is 7.28. The molecule has 1 aliphatic heterocycles. The van der Waals surface area contributed by atoms with Gasteiger partial charge in [0, 0.05) is 18.8 Å². The van der Waals surface area contributed by atoms with Gasteiger partial charge >= 0.3 is 0 Å². The Bertz CT molecular complexity index is 1170. The van der Waals surface area contributed by atoms with E-state index in [1.54, 1.807) is 0 Å². The number of nitrogens with zero attached hydrogens (tertiary/aromatic N) is 3. The van der Waals surface area contributed by atoms with Gasteiger partial charge in [-0.05, 0) is 24.0 Å².